The second-order valence-corrected chi connectivity index (χ2v) is 8.37. The van der Waals surface area contributed by atoms with Crippen LogP contribution in [-0.4, -0.2) is 47.8 Å². The summed E-state index contributed by atoms with van der Waals surface area (Å²) in [4.78, 5) is 34.4. The van der Waals surface area contributed by atoms with Gasteiger partial charge in [0.2, 0.25) is 5.91 Å². The van der Waals surface area contributed by atoms with Crippen LogP contribution in [0.25, 0.3) is 0 Å². The maximum Gasteiger partial charge on any atom is 0.223 e. The van der Waals surface area contributed by atoms with Crippen LogP contribution in [0.1, 0.15) is 38.5 Å². The van der Waals surface area contributed by atoms with Crippen LogP contribution in [0.5, 0.6) is 0 Å². The molecule has 3 heterocycles. The predicted molar refractivity (Wildman–Crippen MR) is 103 cm³/mol. The third kappa shape index (κ3) is 4.77. The fraction of sp³-hybridized carbons (Fsp3) is 0.450. The summed E-state index contributed by atoms with van der Waals surface area (Å²) in [5.41, 5.74) is 2.06. The van der Waals surface area contributed by atoms with Gasteiger partial charge in [-0.25, -0.2) is 0 Å². The number of aromatic nitrogens is 1. The molecule has 0 atom stereocenters. The number of aryl methyl sites for hydroxylation is 2. The first-order valence-electron chi connectivity index (χ1n) is 9.13. The monoisotopic (exact) mass is 372 g/mol. The predicted octanol–water partition coefficient (Wildman–Crippen LogP) is 1.65. The number of piperazine rings is 1. The Morgan fingerprint density at radius 2 is 1.85 bits per heavy atom. The standard InChI is InChI=1S/C20H25N3O2S/c1-15-13-18(16(2)26-15)19(24)3-4-20(25)23-11-9-22(10-12-23)14-17-5-7-21-8-6-17/h5-8,13H,3-4,9-12,14H2,1-2H3/p+1. The summed E-state index contributed by atoms with van der Waals surface area (Å²) < 4.78 is 0. The highest BCUT2D eigenvalue weighted by Gasteiger charge is 2.24. The summed E-state index contributed by atoms with van der Waals surface area (Å²) >= 11 is 1.64. The largest absolute Gasteiger partial charge is 0.331 e. The van der Waals surface area contributed by atoms with Gasteiger partial charge < -0.3 is 9.80 Å². The van der Waals surface area contributed by atoms with E-state index < -0.39 is 0 Å². The summed E-state index contributed by atoms with van der Waals surface area (Å²) in [6.45, 7) is 8.38. The van der Waals surface area contributed by atoms with E-state index in [-0.39, 0.29) is 11.7 Å². The van der Waals surface area contributed by atoms with E-state index in [1.54, 1.807) is 11.3 Å². The van der Waals surface area contributed by atoms with Crippen LogP contribution in [0.15, 0.2) is 30.6 Å². The SMILES string of the molecule is Cc1cc(C(=O)CCC(=O)N2CC[NH+](Cc3ccncc3)CC2)c(C)s1. The number of ketones is 1. The Morgan fingerprint density at radius 1 is 1.15 bits per heavy atom. The number of quaternary nitrogens is 1. The van der Waals surface area contributed by atoms with Crippen LogP contribution in [0.2, 0.25) is 0 Å². The first-order chi connectivity index (χ1) is 12.5. The second kappa shape index (κ2) is 8.56. The molecule has 138 valence electrons. The van der Waals surface area contributed by atoms with E-state index in [1.807, 2.05) is 49.3 Å². The molecule has 6 heteroatoms. The third-order valence-electron chi connectivity index (χ3n) is 4.93. The smallest absolute Gasteiger partial charge is 0.223 e. The molecule has 1 fully saturated rings. The molecule has 1 saturated heterocycles. The van der Waals surface area contributed by atoms with Crippen molar-refractivity contribution in [1.29, 1.82) is 0 Å². The number of rotatable bonds is 6. The number of hydrogen-bond donors (Lipinski definition) is 1. The quantitative estimate of drug-likeness (QED) is 0.785. The number of nitrogens with one attached hydrogen (secondary N) is 1. The molecule has 2 aromatic heterocycles. The zero-order chi connectivity index (χ0) is 18.5. The average molecular weight is 373 g/mol. The maximum absolute atomic E-state index is 12.4. The zero-order valence-corrected chi connectivity index (χ0v) is 16.3. The number of amides is 1. The lowest BCUT2D eigenvalue weighted by Crippen LogP contribution is -3.13. The van der Waals surface area contributed by atoms with Crippen LogP contribution >= 0.6 is 11.3 Å². The van der Waals surface area contributed by atoms with Crippen LogP contribution in [0, 0.1) is 13.8 Å². The van der Waals surface area contributed by atoms with Gasteiger partial charge in [-0.05, 0) is 32.0 Å². The molecule has 0 unspecified atom stereocenters. The minimum absolute atomic E-state index is 0.0853. The Morgan fingerprint density at radius 3 is 2.46 bits per heavy atom. The van der Waals surface area contributed by atoms with Gasteiger partial charge in [-0.3, -0.25) is 14.6 Å². The minimum Gasteiger partial charge on any atom is -0.331 e. The lowest BCUT2D eigenvalue weighted by Gasteiger charge is -2.32. The van der Waals surface area contributed by atoms with Crippen molar-refractivity contribution in [2.24, 2.45) is 0 Å². The number of Topliss-reactive ketones (excluding diaryl/α,β-unsaturated/α-hetero) is 1. The molecule has 1 aliphatic heterocycles. The average Bonchev–Trinajstić information content (AvgIpc) is 2.99. The number of thiophene rings is 1. The van der Waals surface area contributed by atoms with Crippen molar-refractivity contribution >= 4 is 23.0 Å². The van der Waals surface area contributed by atoms with Gasteiger partial charge in [0, 0.05) is 46.1 Å². The highest BCUT2D eigenvalue weighted by atomic mass is 32.1. The topological polar surface area (TPSA) is 54.7 Å². The van der Waals surface area contributed by atoms with Gasteiger partial charge in [0.25, 0.3) is 0 Å². The normalized spacial score (nSPS) is 15.2. The van der Waals surface area contributed by atoms with Gasteiger partial charge in [-0.1, -0.05) is 0 Å². The Bertz CT molecular complexity index is 765. The molecule has 2 aromatic rings. The fourth-order valence-corrected chi connectivity index (χ4v) is 4.40. The van der Waals surface area contributed by atoms with Crippen molar-refractivity contribution in [1.82, 2.24) is 9.88 Å². The number of pyridine rings is 1. The van der Waals surface area contributed by atoms with Crippen molar-refractivity contribution in [2.75, 3.05) is 26.2 Å². The highest BCUT2D eigenvalue weighted by molar-refractivity contribution is 7.12. The van der Waals surface area contributed by atoms with E-state index in [0.717, 1.165) is 48.0 Å². The van der Waals surface area contributed by atoms with Crippen molar-refractivity contribution in [2.45, 2.75) is 33.2 Å². The molecule has 0 aliphatic carbocycles. The van der Waals surface area contributed by atoms with Crippen molar-refractivity contribution in [3.05, 3.63) is 51.5 Å². The second-order valence-electron chi connectivity index (χ2n) is 6.91. The Kier molecular flexibility index (Phi) is 6.16. The van der Waals surface area contributed by atoms with Gasteiger partial charge in [0.15, 0.2) is 5.78 Å². The van der Waals surface area contributed by atoms with Crippen LogP contribution in [-0.2, 0) is 11.3 Å². The summed E-state index contributed by atoms with van der Waals surface area (Å²) in [7, 11) is 0. The number of hydrogen-bond acceptors (Lipinski definition) is 4. The van der Waals surface area contributed by atoms with Crippen molar-refractivity contribution < 1.29 is 14.5 Å². The summed E-state index contributed by atoms with van der Waals surface area (Å²) in [6.07, 6.45) is 4.26. The van der Waals surface area contributed by atoms with E-state index >= 15 is 0 Å². The lowest BCUT2D eigenvalue weighted by molar-refractivity contribution is -0.917. The molecule has 1 aliphatic rings. The van der Waals surface area contributed by atoms with Crippen molar-refractivity contribution in [3.8, 4) is 0 Å². The van der Waals surface area contributed by atoms with Crippen LogP contribution < -0.4 is 4.90 Å². The first kappa shape index (κ1) is 18.7. The summed E-state index contributed by atoms with van der Waals surface area (Å²) in [6, 6.07) is 6.03. The minimum atomic E-state index is 0.0853. The maximum atomic E-state index is 12.4. The van der Waals surface area contributed by atoms with Gasteiger partial charge in [0.05, 0.1) is 26.2 Å². The van der Waals surface area contributed by atoms with E-state index in [1.165, 1.54) is 10.5 Å². The molecule has 0 spiro atoms. The van der Waals surface area contributed by atoms with E-state index in [4.69, 9.17) is 0 Å². The Labute approximate surface area is 158 Å². The van der Waals surface area contributed by atoms with Gasteiger partial charge in [-0.2, -0.15) is 0 Å². The molecular formula is C20H26N3O2S+. The Hall–Kier alpha value is -2.05. The van der Waals surface area contributed by atoms with Gasteiger partial charge >= 0.3 is 0 Å². The molecule has 3 rings (SSSR count). The van der Waals surface area contributed by atoms with Crippen LogP contribution in [0.4, 0.5) is 0 Å². The summed E-state index contributed by atoms with van der Waals surface area (Å²) in [5, 5.41) is 0. The summed E-state index contributed by atoms with van der Waals surface area (Å²) in [5.74, 6) is 0.188. The number of nitrogens with zero attached hydrogens (tertiary/aromatic N) is 2. The highest BCUT2D eigenvalue weighted by Crippen LogP contribution is 2.22. The van der Waals surface area contributed by atoms with Gasteiger partial charge in [0.1, 0.15) is 6.54 Å². The molecule has 0 saturated carbocycles. The Balaban J connectivity index is 1.43. The van der Waals surface area contributed by atoms with E-state index in [2.05, 4.69) is 4.98 Å². The molecular weight excluding hydrogens is 346 g/mol. The number of carbonyl (C=O) groups excluding carboxylic acids is 2. The molecule has 0 bridgehead atoms. The van der Waals surface area contributed by atoms with Crippen LogP contribution in [0.3, 0.4) is 0 Å². The van der Waals surface area contributed by atoms with Crippen molar-refractivity contribution in [3.63, 3.8) is 0 Å². The van der Waals surface area contributed by atoms with E-state index in [9.17, 15) is 9.59 Å². The molecule has 0 aromatic carbocycles. The first-order valence-corrected chi connectivity index (χ1v) is 9.95. The molecule has 1 N–H and O–H groups in total. The molecule has 26 heavy (non-hydrogen) atoms. The molecule has 1 amide bonds. The lowest BCUT2D eigenvalue weighted by atomic mass is 10.1. The molecule has 5 nitrogen and oxygen atoms in total. The third-order valence-corrected chi connectivity index (χ3v) is 5.90. The van der Waals surface area contributed by atoms with Gasteiger partial charge in [-0.15, -0.1) is 11.3 Å². The zero-order valence-electron chi connectivity index (χ0n) is 15.5. The molecule has 0 radical (unpaired) electrons. The number of carbonyl (C=O) groups is 2. The van der Waals surface area contributed by atoms with E-state index in [0.29, 0.717) is 12.8 Å². The fourth-order valence-electron chi connectivity index (χ4n) is 3.46.